The lowest BCUT2D eigenvalue weighted by molar-refractivity contribution is 0.366. The molecule has 9 heteroatoms. The maximum absolute atomic E-state index is 5.33. The number of methoxy groups -OCH3 is 2. The van der Waals surface area contributed by atoms with Gasteiger partial charge in [0.05, 0.1) is 26.3 Å². The summed E-state index contributed by atoms with van der Waals surface area (Å²) in [7, 11) is 7.21. The summed E-state index contributed by atoms with van der Waals surface area (Å²) in [6, 6.07) is 2.02. The summed E-state index contributed by atoms with van der Waals surface area (Å²) >= 11 is 0. The van der Waals surface area contributed by atoms with Crippen LogP contribution in [0.1, 0.15) is 12.8 Å². The van der Waals surface area contributed by atoms with E-state index < -0.39 is 0 Å². The summed E-state index contributed by atoms with van der Waals surface area (Å²) in [6.45, 7) is 2.78. The minimum Gasteiger partial charge on any atom is -0.481 e. The van der Waals surface area contributed by atoms with E-state index in [1.165, 1.54) is 0 Å². The molecule has 0 aromatic carbocycles. The predicted molar refractivity (Wildman–Crippen MR) is 108 cm³/mol. The summed E-state index contributed by atoms with van der Waals surface area (Å²) in [5, 5.41) is 0. The van der Waals surface area contributed by atoms with Crippen LogP contribution in [-0.2, 0) is 0 Å². The lowest BCUT2D eigenvalue weighted by Gasteiger charge is -2.39. The third kappa shape index (κ3) is 3.36. The molecule has 2 saturated heterocycles. The van der Waals surface area contributed by atoms with Crippen LogP contribution < -0.4 is 24.2 Å². The van der Waals surface area contributed by atoms with Crippen molar-refractivity contribution in [2.75, 3.05) is 62.6 Å². The van der Waals surface area contributed by atoms with E-state index in [4.69, 9.17) is 9.47 Å². The molecule has 0 aliphatic carbocycles. The van der Waals surface area contributed by atoms with E-state index in [9.17, 15) is 0 Å². The molecule has 0 radical (unpaired) electrons. The molecule has 2 aromatic heterocycles. The highest BCUT2D eigenvalue weighted by molar-refractivity contribution is 5.62. The number of hydrogen-bond acceptors (Lipinski definition) is 9. The van der Waals surface area contributed by atoms with Crippen LogP contribution in [-0.4, -0.2) is 73.9 Å². The minimum absolute atomic E-state index is 0.322. The maximum Gasteiger partial charge on any atom is 0.232 e. The Morgan fingerprint density at radius 3 is 2.36 bits per heavy atom. The Balaban J connectivity index is 1.61. The van der Waals surface area contributed by atoms with Crippen LogP contribution >= 0.6 is 0 Å². The minimum atomic E-state index is 0.322. The zero-order valence-electron chi connectivity index (χ0n) is 16.9. The van der Waals surface area contributed by atoms with Gasteiger partial charge in [0.25, 0.3) is 0 Å². The zero-order valence-corrected chi connectivity index (χ0v) is 16.9. The molecule has 2 unspecified atom stereocenters. The van der Waals surface area contributed by atoms with Crippen molar-refractivity contribution in [3.63, 3.8) is 0 Å². The summed E-state index contributed by atoms with van der Waals surface area (Å²) < 4.78 is 10.7. The smallest absolute Gasteiger partial charge is 0.232 e. The molecule has 150 valence electrons. The molecule has 2 aliphatic heterocycles. The molecule has 28 heavy (non-hydrogen) atoms. The molecule has 4 heterocycles. The van der Waals surface area contributed by atoms with Crippen LogP contribution in [0.25, 0.3) is 0 Å². The SMILES string of the molecule is COc1cc(OC)nc(N2CCC3CCN(c4nccnc4N(C)C)CC32)n1. The number of ether oxygens (including phenoxy) is 2. The lowest BCUT2D eigenvalue weighted by atomic mass is 9.92. The monoisotopic (exact) mass is 385 g/mol. The third-order valence-electron chi connectivity index (χ3n) is 5.59. The quantitative estimate of drug-likeness (QED) is 0.760. The second-order valence-electron chi connectivity index (χ2n) is 7.39. The van der Waals surface area contributed by atoms with E-state index in [-0.39, 0.29) is 0 Å². The number of aromatic nitrogens is 4. The van der Waals surface area contributed by atoms with Gasteiger partial charge >= 0.3 is 0 Å². The molecule has 9 nitrogen and oxygen atoms in total. The fourth-order valence-electron chi connectivity index (χ4n) is 4.17. The Kier molecular flexibility index (Phi) is 5.06. The van der Waals surface area contributed by atoms with Crippen molar-refractivity contribution < 1.29 is 9.47 Å². The highest BCUT2D eigenvalue weighted by Crippen LogP contribution is 2.37. The molecule has 0 saturated carbocycles. The van der Waals surface area contributed by atoms with Crippen LogP contribution in [0.3, 0.4) is 0 Å². The Hall–Kier alpha value is -2.84. The van der Waals surface area contributed by atoms with Gasteiger partial charge < -0.3 is 24.2 Å². The number of hydrogen-bond donors (Lipinski definition) is 0. The number of nitrogens with zero attached hydrogens (tertiary/aromatic N) is 7. The van der Waals surface area contributed by atoms with Gasteiger partial charge in [0.1, 0.15) is 0 Å². The summed E-state index contributed by atoms with van der Waals surface area (Å²) in [6.07, 6.45) is 5.76. The molecule has 0 N–H and O–H groups in total. The fraction of sp³-hybridized carbons (Fsp3) is 0.579. The number of fused-ring (bicyclic) bond motifs is 1. The Morgan fingerprint density at radius 2 is 1.68 bits per heavy atom. The van der Waals surface area contributed by atoms with Gasteiger partial charge in [0.15, 0.2) is 11.6 Å². The standard InChI is InChI=1S/C19H27N7O2/c1-24(2)17-18(21-8-7-20-17)25-9-5-13-6-10-26(14(13)12-25)19-22-15(27-3)11-16(23-19)28-4/h7-8,11,13-14H,5-6,9-10,12H2,1-4H3. The van der Waals surface area contributed by atoms with Gasteiger partial charge in [-0.3, -0.25) is 0 Å². The largest absolute Gasteiger partial charge is 0.481 e. The van der Waals surface area contributed by atoms with Crippen LogP contribution in [0.4, 0.5) is 17.6 Å². The first-order valence-electron chi connectivity index (χ1n) is 9.57. The van der Waals surface area contributed by atoms with E-state index in [1.54, 1.807) is 32.7 Å². The van der Waals surface area contributed by atoms with Gasteiger partial charge in [-0.15, -0.1) is 0 Å². The molecule has 2 fully saturated rings. The van der Waals surface area contributed by atoms with Crippen molar-refractivity contribution >= 4 is 17.6 Å². The maximum atomic E-state index is 5.33. The lowest BCUT2D eigenvalue weighted by Crippen LogP contribution is -2.49. The van der Waals surface area contributed by atoms with Gasteiger partial charge in [0, 0.05) is 46.1 Å². The molecule has 0 spiro atoms. The van der Waals surface area contributed by atoms with Gasteiger partial charge in [-0.2, -0.15) is 9.97 Å². The van der Waals surface area contributed by atoms with E-state index in [0.717, 1.165) is 44.1 Å². The second kappa shape index (κ2) is 7.65. The molecule has 4 rings (SSSR count). The van der Waals surface area contributed by atoms with Crippen LogP contribution in [0.15, 0.2) is 18.5 Å². The summed E-state index contributed by atoms with van der Waals surface area (Å²) in [4.78, 5) is 24.9. The van der Waals surface area contributed by atoms with Crippen molar-refractivity contribution in [1.82, 2.24) is 19.9 Å². The highest BCUT2D eigenvalue weighted by Gasteiger charge is 2.40. The van der Waals surface area contributed by atoms with E-state index in [2.05, 4.69) is 29.7 Å². The molecule has 0 amide bonds. The van der Waals surface area contributed by atoms with Gasteiger partial charge in [-0.1, -0.05) is 0 Å². The highest BCUT2D eigenvalue weighted by atomic mass is 16.5. The first-order chi connectivity index (χ1) is 13.6. The Labute approximate surface area is 165 Å². The fourth-order valence-corrected chi connectivity index (χ4v) is 4.17. The van der Waals surface area contributed by atoms with Crippen molar-refractivity contribution in [3.05, 3.63) is 18.5 Å². The van der Waals surface area contributed by atoms with Crippen molar-refractivity contribution in [1.29, 1.82) is 0 Å². The van der Waals surface area contributed by atoms with Gasteiger partial charge in [0.2, 0.25) is 17.7 Å². The molecule has 2 aromatic rings. The molecule has 0 bridgehead atoms. The number of rotatable bonds is 5. The van der Waals surface area contributed by atoms with Gasteiger partial charge in [-0.25, -0.2) is 9.97 Å². The third-order valence-corrected chi connectivity index (χ3v) is 5.59. The average Bonchev–Trinajstić information content (AvgIpc) is 3.16. The van der Waals surface area contributed by atoms with Gasteiger partial charge in [-0.05, 0) is 18.8 Å². The number of piperidine rings is 1. The van der Waals surface area contributed by atoms with E-state index in [0.29, 0.717) is 29.7 Å². The normalized spacial score (nSPS) is 21.4. The average molecular weight is 385 g/mol. The molecular formula is C19H27N7O2. The topological polar surface area (TPSA) is 79.7 Å². The van der Waals surface area contributed by atoms with Crippen LogP contribution in [0, 0.1) is 5.92 Å². The molecular weight excluding hydrogens is 358 g/mol. The first kappa shape index (κ1) is 18.5. The van der Waals surface area contributed by atoms with Crippen molar-refractivity contribution in [2.24, 2.45) is 5.92 Å². The van der Waals surface area contributed by atoms with Crippen molar-refractivity contribution in [2.45, 2.75) is 18.9 Å². The summed E-state index contributed by atoms with van der Waals surface area (Å²) in [5.74, 6) is 4.14. The van der Waals surface area contributed by atoms with Crippen LogP contribution in [0.2, 0.25) is 0 Å². The zero-order chi connectivity index (χ0) is 19.7. The van der Waals surface area contributed by atoms with Crippen LogP contribution in [0.5, 0.6) is 11.8 Å². The number of anilines is 3. The van der Waals surface area contributed by atoms with E-state index >= 15 is 0 Å². The summed E-state index contributed by atoms with van der Waals surface area (Å²) in [5.41, 5.74) is 0. The Bertz CT molecular complexity index is 809. The molecule has 2 aliphatic rings. The molecule has 2 atom stereocenters. The predicted octanol–water partition coefficient (Wildman–Crippen LogP) is 1.45. The second-order valence-corrected chi connectivity index (χ2v) is 7.39. The first-order valence-corrected chi connectivity index (χ1v) is 9.57. The van der Waals surface area contributed by atoms with E-state index in [1.807, 2.05) is 19.0 Å². The van der Waals surface area contributed by atoms with Crippen molar-refractivity contribution in [3.8, 4) is 11.8 Å². The Morgan fingerprint density at radius 1 is 1.00 bits per heavy atom.